The van der Waals surface area contributed by atoms with Gasteiger partial charge in [0.1, 0.15) is 5.60 Å². The summed E-state index contributed by atoms with van der Waals surface area (Å²) < 4.78 is 7.17. The van der Waals surface area contributed by atoms with Gasteiger partial charge in [-0.05, 0) is 40.2 Å². The van der Waals surface area contributed by atoms with Gasteiger partial charge in [-0.15, -0.1) is 0 Å². The minimum absolute atomic E-state index is 0.0427. The zero-order chi connectivity index (χ0) is 17.7. The highest BCUT2D eigenvalue weighted by Crippen LogP contribution is 2.21. The summed E-state index contributed by atoms with van der Waals surface area (Å²) in [6.45, 7) is 11.9. The van der Waals surface area contributed by atoms with Crippen molar-refractivity contribution in [1.82, 2.24) is 15.1 Å². The van der Waals surface area contributed by atoms with E-state index >= 15 is 0 Å². The number of ether oxygens (including phenoxy) is 1. The van der Waals surface area contributed by atoms with Crippen LogP contribution in [-0.2, 0) is 11.2 Å². The van der Waals surface area contributed by atoms with Crippen molar-refractivity contribution in [2.45, 2.75) is 66.0 Å². The molecule has 0 aliphatic rings. The van der Waals surface area contributed by atoms with Gasteiger partial charge in [0.2, 0.25) is 0 Å². The molecule has 2 atom stereocenters. The summed E-state index contributed by atoms with van der Waals surface area (Å²) in [6.07, 6.45) is 3.09. The zero-order valence-corrected chi connectivity index (χ0v) is 15.2. The summed E-state index contributed by atoms with van der Waals surface area (Å²) in [5, 5.41) is 17.0. The highest BCUT2D eigenvalue weighted by Gasteiger charge is 2.27. The van der Waals surface area contributed by atoms with Crippen LogP contribution in [0.3, 0.4) is 0 Å². The minimum Gasteiger partial charge on any atom is -0.444 e. The molecular formula is C17H31N3O3. The lowest BCUT2D eigenvalue weighted by Gasteiger charge is -2.28. The van der Waals surface area contributed by atoms with E-state index in [9.17, 15) is 9.90 Å². The van der Waals surface area contributed by atoms with E-state index in [1.807, 2.05) is 44.6 Å². The van der Waals surface area contributed by atoms with Crippen molar-refractivity contribution in [3.05, 3.63) is 18.0 Å². The Bertz CT molecular complexity index is 507. The number of alkyl carbamates (subject to hydrolysis) is 1. The predicted molar refractivity (Wildman–Crippen MR) is 90.4 cm³/mol. The van der Waals surface area contributed by atoms with Crippen LogP contribution in [0.1, 0.15) is 59.7 Å². The lowest BCUT2D eigenvalue weighted by Crippen LogP contribution is -2.41. The molecule has 1 amide bonds. The fraction of sp³-hybridized carbons (Fsp3) is 0.765. The number of nitrogens with zero attached hydrogens (tertiary/aromatic N) is 2. The van der Waals surface area contributed by atoms with E-state index in [-0.39, 0.29) is 6.61 Å². The van der Waals surface area contributed by atoms with E-state index in [0.717, 1.165) is 12.1 Å². The van der Waals surface area contributed by atoms with Crippen molar-refractivity contribution in [2.75, 3.05) is 13.2 Å². The number of aliphatic hydroxyl groups is 1. The molecule has 1 heterocycles. The molecule has 6 heteroatoms. The van der Waals surface area contributed by atoms with Gasteiger partial charge in [-0.3, -0.25) is 4.68 Å². The third kappa shape index (κ3) is 6.60. The molecule has 0 fully saturated rings. The zero-order valence-electron chi connectivity index (χ0n) is 15.2. The number of carbonyl (C=O) groups is 1. The van der Waals surface area contributed by atoms with Crippen LogP contribution in [0.15, 0.2) is 12.3 Å². The van der Waals surface area contributed by atoms with Crippen LogP contribution in [0.5, 0.6) is 0 Å². The number of rotatable bonds is 7. The molecule has 0 saturated carbocycles. The van der Waals surface area contributed by atoms with Crippen LogP contribution in [0.2, 0.25) is 0 Å². The first kappa shape index (κ1) is 19.5. The molecule has 23 heavy (non-hydrogen) atoms. The van der Waals surface area contributed by atoms with E-state index in [1.54, 1.807) is 0 Å². The average Bonchev–Trinajstić information content (AvgIpc) is 2.91. The molecule has 2 unspecified atom stereocenters. The Labute approximate surface area is 139 Å². The lowest BCUT2D eigenvalue weighted by atomic mass is 9.86. The number of aromatic nitrogens is 2. The molecule has 2 N–H and O–H groups in total. The number of carbonyl (C=O) groups excluding carboxylic acids is 1. The van der Waals surface area contributed by atoms with Gasteiger partial charge in [-0.2, -0.15) is 5.10 Å². The SMILES string of the molecule is CCC(C)n1ccc(CC(C)(CO)CNC(=O)OC(C)(C)C)n1. The first-order valence-electron chi connectivity index (χ1n) is 8.20. The number of hydrogen-bond acceptors (Lipinski definition) is 4. The van der Waals surface area contributed by atoms with E-state index in [0.29, 0.717) is 19.0 Å². The van der Waals surface area contributed by atoms with Gasteiger partial charge in [0, 0.05) is 30.6 Å². The Balaban J connectivity index is 2.63. The third-order valence-corrected chi connectivity index (χ3v) is 3.75. The molecule has 1 aromatic rings. The molecule has 0 radical (unpaired) electrons. The largest absolute Gasteiger partial charge is 0.444 e. The monoisotopic (exact) mass is 325 g/mol. The van der Waals surface area contributed by atoms with Gasteiger partial charge in [0.05, 0.1) is 12.3 Å². The quantitative estimate of drug-likeness (QED) is 0.808. The van der Waals surface area contributed by atoms with E-state index in [2.05, 4.69) is 24.3 Å². The van der Waals surface area contributed by atoms with Crippen LogP contribution in [-0.4, -0.2) is 39.7 Å². The number of hydrogen-bond donors (Lipinski definition) is 2. The van der Waals surface area contributed by atoms with E-state index in [4.69, 9.17) is 4.74 Å². The molecule has 1 rings (SSSR count). The van der Waals surface area contributed by atoms with Crippen LogP contribution in [0, 0.1) is 5.41 Å². The van der Waals surface area contributed by atoms with Gasteiger partial charge in [-0.1, -0.05) is 13.8 Å². The lowest BCUT2D eigenvalue weighted by molar-refractivity contribution is 0.0477. The van der Waals surface area contributed by atoms with E-state index < -0.39 is 17.1 Å². The van der Waals surface area contributed by atoms with E-state index in [1.165, 1.54) is 0 Å². The molecule has 0 bridgehead atoms. The fourth-order valence-corrected chi connectivity index (χ4v) is 2.12. The normalized spacial score (nSPS) is 15.8. The Hall–Kier alpha value is -1.56. The summed E-state index contributed by atoms with van der Waals surface area (Å²) in [5.41, 5.74) is -0.104. The topological polar surface area (TPSA) is 76.4 Å². The van der Waals surface area contributed by atoms with Crippen molar-refractivity contribution >= 4 is 6.09 Å². The molecule has 0 saturated heterocycles. The minimum atomic E-state index is -0.533. The molecule has 6 nitrogen and oxygen atoms in total. The maximum absolute atomic E-state index is 11.8. The van der Waals surface area contributed by atoms with Crippen molar-refractivity contribution in [2.24, 2.45) is 5.41 Å². The Morgan fingerprint density at radius 1 is 1.43 bits per heavy atom. The van der Waals surface area contributed by atoms with Crippen LogP contribution < -0.4 is 5.32 Å². The highest BCUT2D eigenvalue weighted by molar-refractivity contribution is 5.67. The van der Waals surface area contributed by atoms with Gasteiger partial charge in [0.25, 0.3) is 0 Å². The first-order valence-corrected chi connectivity index (χ1v) is 8.20. The van der Waals surface area contributed by atoms with Crippen molar-refractivity contribution in [3.8, 4) is 0 Å². The fourth-order valence-electron chi connectivity index (χ4n) is 2.12. The summed E-state index contributed by atoms with van der Waals surface area (Å²) in [6, 6.07) is 2.32. The second kappa shape index (κ2) is 7.81. The summed E-state index contributed by atoms with van der Waals surface area (Å²) >= 11 is 0. The van der Waals surface area contributed by atoms with Crippen LogP contribution in [0.4, 0.5) is 4.79 Å². The molecular weight excluding hydrogens is 294 g/mol. The molecule has 0 aliphatic heterocycles. The Morgan fingerprint density at radius 2 is 2.09 bits per heavy atom. The summed E-state index contributed by atoms with van der Waals surface area (Å²) in [7, 11) is 0. The highest BCUT2D eigenvalue weighted by atomic mass is 16.6. The standard InChI is InChI=1S/C17H31N3O3/c1-7-13(2)20-9-8-14(19-20)10-17(6,12-21)11-18-15(22)23-16(3,4)5/h8-9,13,21H,7,10-12H2,1-6H3,(H,18,22). The van der Waals surface area contributed by atoms with Gasteiger partial charge >= 0.3 is 6.09 Å². The molecule has 0 aliphatic carbocycles. The van der Waals surface area contributed by atoms with Crippen LogP contribution >= 0.6 is 0 Å². The van der Waals surface area contributed by atoms with Crippen molar-refractivity contribution < 1.29 is 14.6 Å². The van der Waals surface area contributed by atoms with Gasteiger partial charge < -0.3 is 15.2 Å². The Kier molecular flexibility index (Phi) is 6.62. The first-order chi connectivity index (χ1) is 10.6. The third-order valence-electron chi connectivity index (χ3n) is 3.75. The number of nitrogens with one attached hydrogen (secondary N) is 1. The molecule has 0 aromatic carbocycles. The van der Waals surface area contributed by atoms with Crippen LogP contribution in [0.25, 0.3) is 0 Å². The summed E-state index contributed by atoms with van der Waals surface area (Å²) in [4.78, 5) is 11.8. The van der Waals surface area contributed by atoms with Crippen molar-refractivity contribution in [1.29, 1.82) is 0 Å². The average molecular weight is 325 g/mol. The van der Waals surface area contributed by atoms with Gasteiger partial charge in [0.15, 0.2) is 0 Å². The number of aliphatic hydroxyl groups excluding tert-OH is 1. The second-order valence-corrected chi connectivity index (χ2v) is 7.55. The predicted octanol–water partition coefficient (Wildman–Crippen LogP) is 2.92. The molecule has 132 valence electrons. The van der Waals surface area contributed by atoms with Gasteiger partial charge in [-0.25, -0.2) is 4.79 Å². The molecule has 0 spiro atoms. The molecule has 1 aromatic heterocycles. The Morgan fingerprint density at radius 3 is 2.61 bits per heavy atom. The maximum Gasteiger partial charge on any atom is 0.407 e. The second-order valence-electron chi connectivity index (χ2n) is 7.55. The number of amides is 1. The maximum atomic E-state index is 11.8. The smallest absolute Gasteiger partial charge is 0.407 e. The van der Waals surface area contributed by atoms with Crippen molar-refractivity contribution in [3.63, 3.8) is 0 Å². The summed E-state index contributed by atoms with van der Waals surface area (Å²) in [5.74, 6) is 0.